The fraction of sp³-hybridized carbons (Fsp3) is 0.333. The van der Waals surface area contributed by atoms with Gasteiger partial charge in [0.05, 0.1) is 6.54 Å². The number of esters is 1. The van der Waals surface area contributed by atoms with Crippen LogP contribution in [0.5, 0.6) is 0 Å². The van der Waals surface area contributed by atoms with Gasteiger partial charge in [-0.2, -0.15) is 0 Å². The average molecular weight is 487 g/mol. The predicted octanol–water partition coefficient (Wildman–Crippen LogP) is 0.00877. The van der Waals surface area contributed by atoms with Crippen molar-refractivity contribution in [1.29, 1.82) is 5.41 Å². The molecule has 1 aromatic rings. The normalized spacial score (nSPS) is 21.4. The number of amides is 4. The largest absolute Gasteiger partial charge is 0.477 e. The number of hydrogen-bond donors (Lipinski definition) is 3. The van der Waals surface area contributed by atoms with Crippen LogP contribution in [-0.2, 0) is 23.9 Å². The first-order valence-corrected chi connectivity index (χ1v) is 11.3. The third kappa shape index (κ3) is 3.98. The summed E-state index contributed by atoms with van der Waals surface area (Å²) in [6.45, 7) is 1.27. The summed E-state index contributed by atoms with van der Waals surface area (Å²) in [5, 5.41) is 22.0. The van der Waals surface area contributed by atoms with Crippen LogP contribution >= 0.6 is 11.8 Å². The van der Waals surface area contributed by atoms with E-state index >= 15 is 0 Å². The monoisotopic (exact) mass is 487 g/mol. The molecule has 0 radical (unpaired) electrons. The molecule has 4 rings (SSSR count). The maximum atomic E-state index is 13.4. The van der Waals surface area contributed by atoms with Gasteiger partial charge in [-0.15, -0.1) is 11.8 Å². The van der Waals surface area contributed by atoms with Gasteiger partial charge in [-0.25, -0.2) is 19.6 Å². The van der Waals surface area contributed by atoms with Gasteiger partial charge in [0.15, 0.2) is 6.04 Å². The van der Waals surface area contributed by atoms with E-state index in [4.69, 9.17) is 10.1 Å². The summed E-state index contributed by atoms with van der Waals surface area (Å²) >= 11 is 1.19. The van der Waals surface area contributed by atoms with Crippen LogP contribution in [0.15, 0.2) is 41.6 Å². The van der Waals surface area contributed by atoms with E-state index in [9.17, 15) is 29.1 Å². The van der Waals surface area contributed by atoms with Gasteiger partial charge in [0.2, 0.25) is 0 Å². The van der Waals surface area contributed by atoms with Gasteiger partial charge in [0, 0.05) is 30.4 Å². The smallest absolute Gasteiger partial charge is 0.352 e. The van der Waals surface area contributed by atoms with Gasteiger partial charge in [-0.1, -0.05) is 30.3 Å². The van der Waals surface area contributed by atoms with E-state index in [1.807, 2.05) is 0 Å². The third-order valence-electron chi connectivity index (χ3n) is 5.51. The Morgan fingerprint density at radius 2 is 1.97 bits per heavy atom. The first-order chi connectivity index (χ1) is 16.2. The number of benzene rings is 1. The van der Waals surface area contributed by atoms with E-state index in [1.165, 1.54) is 18.7 Å². The Bertz CT molecular complexity index is 1120. The Labute approximate surface area is 198 Å². The van der Waals surface area contributed by atoms with E-state index < -0.39 is 46.9 Å². The quantitative estimate of drug-likeness (QED) is 0.275. The maximum absolute atomic E-state index is 13.4. The van der Waals surface area contributed by atoms with Gasteiger partial charge >= 0.3 is 18.0 Å². The van der Waals surface area contributed by atoms with E-state index in [2.05, 4.69) is 5.32 Å². The molecule has 0 saturated carbocycles. The zero-order valence-corrected chi connectivity index (χ0v) is 18.8. The van der Waals surface area contributed by atoms with E-state index in [0.717, 1.165) is 14.9 Å². The van der Waals surface area contributed by atoms with Crippen molar-refractivity contribution in [3.05, 3.63) is 47.2 Å². The predicted molar refractivity (Wildman–Crippen MR) is 118 cm³/mol. The van der Waals surface area contributed by atoms with Crippen molar-refractivity contribution in [1.82, 2.24) is 20.2 Å². The number of hydrogen-bond acceptors (Lipinski definition) is 8. The zero-order chi connectivity index (χ0) is 24.6. The summed E-state index contributed by atoms with van der Waals surface area (Å²) in [5.74, 6) is -3.37. The summed E-state index contributed by atoms with van der Waals surface area (Å²) in [4.78, 5) is 63.3. The molecule has 178 valence electrons. The summed E-state index contributed by atoms with van der Waals surface area (Å²) in [5.41, 5.74) is -0.143. The highest BCUT2D eigenvalue weighted by atomic mass is 32.2. The Balaban J connectivity index is 1.66. The topological polar surface area (TPSA) is 160 Å². The molecule has 0 bridgehead atoms. The molecule has 4 amide bonds. The van der Waals surface area contributed by atoms with E-state index in [0.29, 0.717) is 5.56 Å². The van der Waals surface area contributed by atoms with Crippen molar-refractivity contribution in [2.45, 2.75) is 18.3 Å². The summed E-state index contributed by atoms with van der Waals surface area (Å²) < 4.78 is 4.93. The maximum Gasteiger partial charge on any atom is 0.352 e. The molecule has 1 unspecified atom stereocenters. The average Bonchev–Trinajstić information content (AvgIpc) is 3.25. The summed E-state index contributed by atoms with van der Waals surface area (Å²) in [6.07, 6.45) is 0. The van der Waals surface area contributed by atoms with E-state index in [-0.39, 0.29) is 36.7 Å². The molecule has 3 aliphatic rings. The first kappa shape index (κ1) is 23.3. The molecular weight excluding hydrogens is 466 g/mol. The van der Waals surface area contributed by atoms with Gasteiger partial charge in [-0.05, 0) is 0 Å². The second-order valence-corrected chi connectivity index (χ2v) is 8.74. The lowest BCUT2D eigenvalue weighted by molar-refractivity contribution is -0.169. The SMILES string of the molecule is CC(=O)OCC1=C(C(=O)O)N2C(=O)C(N(C(=O)C(=N)c3ccccc3)N3CCNC3=O)[C@H]2SC1. The number of fused-ring (bicyclic) bond motifs is 1. The fourth-order valence-corrected chi connectivity index (χ4v) is 5.32. The first-order valence-electron chi connectivity index (χ1n) is 10.3. The molecule has 2 saturated heterocycles. The molecule has 0 aromatic heterocycles. The lowest BCUT2D eigenvalue weighted by Gasteiger charge is -2.53. The highest BCUT2D eigenvalue weighted by Gasteiger charge is 2.59. The van der Waals surface area contributed by atoms with Gasteiger partial charge < -0.3 is 15.2 Å². The van der Waals surface area contributed by atoms with Crippen molar-refractivity contribution >= 4 is 47.3 Å². The van der Waals surface area contributed by atoms with Crippen molar-refractivity contribution in [3.8, 4) is 0 Å². The Hall–Kier alpha value is -3.87. The molecule has 0 spiro atoms. The Morgan fingerprint density at radius 1 is 1.26 bits per heavy atom. The zero-order valence-electron chi connectivity index (χ0n) is 18.0. The second kappa shape index (κ2) is 9.17. The number of carbonyl (C=O) groups is 5. The highest BCUT2D eigenvalue weighted by molar-refractivity contribution is 8.00. The number of thioether (sulfide) groups is 1. The number of carboxylic acid groups (broad SMARTS) is 1. The number of hydrazine groups is 1. The molecular formula is C21H21N5O7S. The molecule has 2 fully saturated rings. The van der Waals surface area contributed by atoms with Crippen molar-refractivity contribution in [3.63, 3.8) is 0 Å². The second-order valence-electron chi connectivity index (χ2n) is 7.64. The summed E-state index contributed by atoms with van der Waals surface area (Å²) in [7, 11) is 0. The number of β-lactam (4-membered cyclic amide) rings is 1. The molecule has 34 heavy (non-hydrogen) atoms. The van der Waals surface area contributed by atoms with Crippen LogP contribution in [0.1, 0.15) is 12.5 Å². The molecule has 3 aliphatic heterocycles. The Kier molecular flexibility index (Phi) is 6.28. The third-order valence-corrected chi connectivity index (χ3v) is 6.84. The number of nitrogens with zero attached hydrogens (tertiary/aromatic N) is 3. The molecule has 1 aromatic carbocycles. The van der Waals surface area contributed by atoms with Crippen LogP contribution in [0.4, 0.5) is 4.79 Å². The fourth-order valence-electron chi connectivity index (χ4n) is 3.95. The lowest BCUT2D eigenvalue weighted by Crippen LogP contribution is -2.74. The minimum atomic E-state index is -1.37. The van der Waals surface area contributed by atoms with Crippen molar-refractivity contribution in [2.75, 3.05) is 25.4 Å². The molecule has 12 nitrogen and oxygen atoms in total. The van der Waals surface area contributed by atoms with Crippen molar-refractivity contribution < 1.29 is 33.8 Å². The Morgan fingerprint density at radius 3 is 2.56 bits per heavy atom. The van der Waals surface area contributed by atoms with Crippen LogP contribution in [0.2, 0.25) is 0 Å². The van der Waals surface area contributed by atoms with Crippen LogP contribution < -0.4 is 5.32 Å². The number of urea groups is 1. The van der Waals surface area contributed by atoms with Crippen LogP contribution in [0.3, 0.4) is 0 Å². The number of rotatable bonds is 7. The molecule has 0 aliphatic carbocycles. The van der Waals surface area contributed by atoms with Crippen LogP contribution in [-0.4, -0.2) is 92.4 Å². The lowest BCUT2D eigenvalue weighted by atomic mass is 10.0. The minimum absolute atomic E-state index is 0.104. The number of ether oxygens (including phenoxy) is 1. The molecule has 2 atom stereocenters. The van der Waals surface area contributed by atoms with E-state index in [1.54, 1.807) is 30.3 Å². The van der Waals surface area contributed by atoms with Gasteiger partial charge in [-0.3, -0.25) is 24.7 Å². The summed E-state index contributed by atoms with van der Waals surface area (Å²) in [6, 6.07) is 6.41. The number of carboxylic acids is 1. The number of aliphatic carboxylic acids is 1. The van der Waals surface area contributed by atoms with Gasteiger partial charge in [0.1, 0.15) is 23.4 Å². The number of carbonyl (C=O) groups excluding carboxylic acids is 4. The van der Waals surface area contributed by atoms with Crippen LogP contribution in [0.25, 0.3) is 0 Å². The molecule has 3 heterocycles. The standard InChI is InChI=1S/C21H21N5O7S/c1-11(27)33-9-13-10-34-19-16(18(29)25(19)15(13)20(30)31)26(24-8-7-23-21(24)32)17(28)14(22)12-5-3-2-4-6-12/h2-6,16,19,22H,7-10H2,1H3,(H,23,32)(H,30,31)/t16?,19-/m1/s1. The molecule has 13 heteroatoms. The minimum Gasteiger partial charge on any atom is -0.477 e. The van der Waals surface area contributed by atoms with Crippen LogP contribution in [0, 0.1) is 5.41 Å². The van der Waals surface area contributed by atoms with Crippen molar-refractivity contribution in [2.24, 2.45) is 0 Å². The van der Waals surface area contributed by atoms with Gasteiger partial charge in [0.25, 0.3) is 11.8 Å². The molecule has 3 N–H and O–H groups in total. The number of nitrogens with one attached hydrogen (secondary N) is 2. The highest BCUT2D eigenvalue weighted by Crippen LogP contribution is 2.43.